The van der Waals surface area contributed by atoms with Gasteiger partial charge in [-0.3, -0.25) is 5.41 Å². The molecule has 0 heterocycles. The fraction of sp³-hybridized carbons (Fsp3) is 0.500. The van der Waals surface area contributed by atoms with E-state index in [1.54, 1.807) is 0 Å². The highest BCUT2D eigenvalue weighted by Crippen LogP contribution is 2.34. The molecule has 0 atom stereocenters. The van der Waals surface area contributed by atoms with Crippen molar-refractivity contribution < 1.29 is 0 Å². The van der Waals surface area contributed by atoms with E-state index in [-0.39, 0.29) is 5.84 Å². The summed E-state index contributed by atoms with van der Waals surface area (Å²) in [6.45, 7) is 5.57. The van der Waals surface area contributed by atoms with E-state index >= 15 is 0 Å². The van der Waals surface area contributed by atoms with Crippen molar-refractivity contribution >= 4 is 27.5 Å². The molecule has 18 heavy (non-hydrogen) atoms. The molecule has 0 spiro atoms. The Balaban J connectivity index is 2.25. The Morgan fingerprint density at radius 3 is 2.61 bits per heavy atom. The highest BCUT2D eigenvalue weighted by molar-refractivity contribution is 9.10. The summed E-state index contributed by atoms with van der Waals surface area (Å²) in [6.07, 6.45) is 2.58. The first-order chi connectivity index (χ1) is 8.49. The van der Waals surface area contributed by atoms with Gasteiger partial charge in [-0.05, 0) is 52.9 Å². The molecular formula is C14H20BrN3. The van der Waals surface area contributed by atoms with E-state index in [4.69, 9.17) is 11.1 Å². The quantitative estimate of drug-likeness (QED) is 0.647. The molecule has 1 aromatic carbocycles. The minimum absolute atomic E-state index is 0.107. The highest BCUT2D eigenvalue weighted by Gasteiger charge is 2.29. The summed E-state index contributed by atoms with van der Waals surface area (Å²) < 4.78 is 0.905. The van der Waals surface area contributed by atoms with Crippen LogP contribution in [0.3, 0.4) is 0 Å². The van der Waals surface area contributed by atoms with Crippen molar-refractivity contribution in [3.05, 3.63) is 28.2 Å². The van der Waals surface area contributed by atoms with Gasteiger partial charge in [-0.25, -0.2) is 0 Å². The Kier molecular flexibility index (Phi) is 3.95. The van der Waals surface area contributed by atoms with Gasteiger partial charge in [-0.1, -0.05) is 13.8 Å². The van der Waals surface area contributed by atoms with Gasteiger partial charge in [0, 0.05) is 28.3 Å². The van der Waals surface area contributed by atoms with Crippen molar-refractivity contribution in [2.45, 2.75) is 32.7 Å². The second-order valence-electron chi connectivity index (χ2n) is 5.36. The molecule has 0 radical (unpaired) electrons. The predicted octanol–water partition coefficient (Wildman–Crippen LogP) is 3.36. The molecule has 0 bridgehead atoms. The fourth-order valence-electron chi connectivity index (χ4n) is 2.15. The summed E-state index contributed by atoms with van der Waals surface area (Å²) in [6, 6.07) is 6.78. The van der Waals surface area contributed by atoms with Crippen LogP contribution in [0.25, 0.3) is 0 Å². The van der Waals surface area contributed by atoms with Crippen LogP contribution in [0.15, 0.2) is 22.7 Å². The van der Waals surface area contributed by atoms with Crippen LogP contribution >= 0.6 is 15.9 Å². The number of benzene rings is 1. The number of hydrogen-bond donors (Lipinski definition) is 2. The smallest absolute Gasteiger partial charge is 0.123 e. The number of nitrogens with zero attached hydrogens (tertiary/aromatic N) is 1. The number of anilines is 1. The first-order valence-corrected chi connectivity index (χ1v) is 7.19. The largest absolute Gasteiger partial charge is 0.384 e. The lowest BCUT2D eigenvalue weighted by Crippen LogP contribution is -2.29. The molecule has 0 amide bonds. The molecule has 0 aromatic heterocycles. The molecule has 3 nitrogen and oxygen atoms in total. The Bertz CT molecular complexity index is 452. The third-order valence-corrected chi connectivity index (χ3v) is 3.78. The summed E-state index contributed by atoms with van der Waals surface area (Å²) in [4.78, 5) is 2.47. The van der Waals surface area contributed by atoms with E-state index in [9.17, 15) is 0 Å². The SMILES string of the molecule is CC(C)CN(c1ccc(C(=N)N)c(Br)c1)C1CC1. The van der Waals surface area contributed by atoms with E-state index in [0.29, 0.717) is 12.0 Å². The lowest BCUT2D eigenvalue weighted by atomic mass is 10.1. The van der Waals surface area contributed by atoms with Gasteiger partial charge in [0.25, 0.3) is 0 Å². The number of amidine groups is 1. The number of nitrogens with one attached hydrogen (secondary N) is 1. The molecule has 3 N–H and O–H groups in total. The van der Waals surface area contributed by atoms with Crippen LogP contribution in [0.5, 0.6) is 0 Å². The molecule has 4 heteroatoms. The van der Waals surface area contributed by atoms with Gasteiger partial charge in [-0.15, -0.1) is 0 Å². The van der Waals surface area contributed by atoms with E-state index in [1.807, 2.05) is 6.07 Å². The second-order valence-corrected chi connectivity index (χ2v) is 6.21. The Hall–Kier alpha value is -1.03. The molecule has 2 rings (SSSR count). The van der Waals surface area contributed by atoms with Crippen LogP contribution in [0.2, 0.25) is 0 Å². The van der Waals surface area contributed by atoms with Gasteiger partial charge in [0.1, 0.15) is 5.84 Å². The van der Waals surface area contributed by atoms with Crippen molar-refractivity contribution in [1.82, 2.24) is 0 Å². The molecule has 98 valence electrons. The monoisotopic (exact) mass is 309 g/mol. The predicted molar refractivity (Wildman–Crippen MR) is 80.4 cm³/mol. The molecule has 1 fully saturated rings. The highest BCUT2D eigenvalue weighted by atomic mass is 79.9. The standard InChI is InChI=1S/C14H20BrN3/c1-9(2)8-18(10-3-4-10)11-5-6-12(14(16)17)13(15)7-11/h5-7,9-10H,3-4,8H2,1-2H3,(H3,16,17). The Labute approximate surface area is 117 Å². The maximum atomic E-state index is 7.50. The van der Waals surface area contributed by atoms with E-state index < -0.39 is 0 Å². The van der Waals surface area contributed by atoms with Crippen LogP contribution in [0, 0.1) is 11.3 Å². The number of nitrogen functional groups attached to an aromatic ring is 1. The Morgan fingerprint density at radius 2 is 2.17 bits per heavy atom. The first kappa shape index (κ1) is 13.4. The minimum Gasteiger partial charge on any atom is -0.384 e. The van der Waals surface area contributed by atoms with Gasteiger partial charge in [0.15, 0.2) is 0 Å². The molecule has 0 saturated heterocycles. The summed E-state index contributed by atoms with van der Waals surface area (Å²) in [7, 11) is 0. The van der Waals surface area contributed by atoms with Crippen LogP contribution in [-0.2, 0) is 0 Å². The Morgan fingerprint density at radius 1 is 1.50 bits per heavy atom. The van der Waals surface area contributed by atoms with E-state index in [1.165, 1.54) is 18.5 Å². The molecule has 1 aliphatic carbocycles. The third-order valence-electron chi connectivity index (χ3n) is 3.12. The van der Waals surface area contributed by atoms with Crippen molar-refractivity contribution in [2.75, 3.05) is 11.4 Å². The summed E-state index contributed by atoms with van der Waals surface area (Å²) in [5.74, 6) is 0.757. The lowest BCUT2D eigenvalue weighted by Gasteiger charge is -2.27. The zero-order valence-electron chi connectivity index (χ0n) is 10.9. The van der Waals surface area contributed by atoms with Crippen molar-refractivity contribution in [1.29, 1.82) is 5.41 Å². The van der Waals surface area contributed by atoms with Gasteiger partial charge in [0.2, 0.25) is 0 Å². The van der Waals surface area contributed by atoms with Crippen LogP contribution < -0.4 is 10.6 Å². The van der Waals surface area contributed by atoms with Crippen LogP contribution in [0.1, 0.15) is 32.3 Å². The molecule has 1 aromatic rings. The first-order valence-electron chi connectivity index (χ1n) is 6.39. The molecule has 1 aliphatic rings. The van der Waals surface area contributed by atoms with E-state index in [2.05, 4.69) is 46.8 Å². The van der Waals surface area contributed by atoms with Crippen LogP contribution in [0.4, 0.5) is 5.69 Å². The molecular weight excluding hydrogens is 290 g/mol. The number of halogens is 1. The molecule has 0 aliphatic heterocycles. The van der Waals surface area contributed by atoms with Crippen molar-refractivity contribution in [3.8, 4) is 0 Å². The zero-order valence-corrected chi connectivity index (χ0v) is 12.5. The zero-order chi connectivity index (χ0) is 13.3. The average Bonchev–Trinajstić information content (AvgIpc) is 3.08. The lowest BCUT2D eigenvalue weighted by molar-refractivity contribution is 0.607. The summed E-state index contributed by atoms with van der Waals surface area (Å²) in [5.41, 5.74) is 7.52. The maximum absolute atomic E-state index is 7.50. The third kappa shape index (κ3) is 3.05. The number of nitrogens with two attached hydrogens (primary N) is 1. The normalized spacial score (nSPS) is 14.9. The second kappa shape index (κ2) is 5.31. The number of hydrogen-bond acceptors (Lipinski definition) is 2. The van der Waals surface area contributed by atoms with Crippen molar-refractivity contribution in [2.24, 2.45) is 11.7 Å². The van der Waals surface area contributed by atoms with E-state index in [0.717, 1.165) is 16.6 Å². The van der Waals surface area contributed by atoms with Gasteiger partial charge in [-0.2, -0.15) is 0 Å². The van der Waals surface area contributed by atoms with Gasteiger partial charge in [0.05, 0.1) is 0 Å². The molecule has 1 saturated carbocycles. The maximum Gasteiger partial charge on any atom is 0.123 e. The number of rotatable bonds is 5. The molecule has 0 unspecified atom stereocenters. The van der Waals surface area contributed by atoms with Gasteiger partial charge >= 0.3 is 0 Å². The van der Waals surface area contributed by atoms with Crippen molar-refractivity contribution in [3.63, 3.8) is 0 Å². The van der Waals surface area contributed by atoms with Crippen LogP contribution in [-0.4, -0.2) is 18.4 Å². The average molecular weight is 310 g/mol. The minimum atomic E-state index is 0.107. The summed E-state index contributed by atoms with van der Waals surface area (Å²) in [5, 5.41) is 7.50. The summed E-state index contributed by atoms with van der Waals surface area (Å²) >= 11 is 3.50. The van der Waals surface area contributed by atoms with Gasteiger partial charge < -0.3 is 10.6 Å². The topological polar surface area (TPSA) is 53.1 Å². The fourth-order valence-corrected chi connectivity index (χ4v) is 2.73.